The van der Waals surface area contributed by atoms with Crippen molar-refractivity contribution >= 4 is 27.0 Å². The Hall–Kier alpha value is -2.62. The number of halogens is 3. The lowest BCUT2D eigenvalue weighted by Crippen LogP contribution is -2.38. The molecule has 0 spiro atoms. The summed E-state index contributed by atoms with van der Waals surface area (Å²) < 4.78 is 77.3. The third kappa shape index (κ3) is 6.08. The molecule has 0 atom stereocenters. The Morgan fingerprint density at radius 1 is 1.18 bits per heavy atom. The van der Waals surface area contributed by atoms with E-state index in [0.717, 1.165) is 40.9 Å². The van der Waals surface area contributed by atoms with E-state index in [4.69, 9.17) is 9.15 Å². The first kappa shape index (κ1) is 24.5. The highest BCUT2D eigenvalue weighted by molar-refractivity contribution is 7.92. The van der Waals surface area contributed by atoms with Crippen molar-refractivity contribution in [1.29, 1.82) is 0 Å². The van der Waals surface area contributed by atoms with Gasteiger partial charge in [0.05, 0.1) is 43.2 Å². The molecule has 1 saturated heterocycles. The molecule has 1 aliphatic rings. The average Bonchev–Trinajstić information content (AvgIpc) is 3.40. The molecule has 0 saturated carbocycles. The Morgan fingerprint density at radius 3 is 2.79 bits per heavy atom. The van der Waals surface area contributed by atoms with Crippen LogP contribution < -0.4 is 4.31 Å². The number of hydrogen-bond donors (Lipinski definition) is 0. The zero-order chi connectivity index (χ0) is 24.1. The monoisotopic (exact) mass is 518 g/mol. The van der Waals surface area contributed by atoms with Gasteiger partial charge >= 0.3 is 6.43 Å². The minimum absolute atomic E-state index is 0.0497. The van der Waals surface area contributed by atoms with E-state index in [1.807, 2.05) is 4.90 Å². The van der Waals surface area contributed by atoms with E-state index in [1.54, 1.807) is 0 Å². The fourth-order valence-corrected chi connectivity index (χ4v) is 5.65. The summed E-state index contributed by atoms with van der Waals surface area (Å²) in [6.07, 6.45) is 1.45. The van der Waals surface area contributed by atoms with Gasteiger partial charge in [-0.1, -0.05) is 0 Å². The van der Waals surface area contributed by atoms with Crippen LogP contribution in [-0.2, 0) is 21.3 Å². The Balaban J connectivity index is 1.55. The average molecular weight is 519 g/mol. The van der Waals surface area contributed by atoms with Gasteiger partial charge in [0.15, 0.2) is 0 Å². The fraction of sp³-hybridized carbons (Fsp3) is 0.474. The molecule has 34 heavy (non-hydrogen) atoms. The van der Waals surface area contributed by atoms with Crippen LogP contribution in [0.2, 0.25) is 0 Å². The van der Waals surface area contributed by atoms with E-state index in [9.17, 15) is 21.6 Å². The molecule has 1 fully saturated rings. The van der Waals surface area contributed by atoms with Gasteiger partial charge in [-0.15, -0.1) is 21.5 Å². The van der Waals surface area contributed by atoms with Gasteiger partial charge in [0.2, 0.25) is 10.0 Å². The molecule has 3 aromatic rings. The highest BCUT2D eigenvalue weighted by atomic mass is 32.2. The van der Waals surface area contributed by atoms with Crippen LogP contribution in [0.5, 0.6) is 0 Å². The number of sulfonamides is 1. The van der Waals surface area contributed by atoms with Gasteiger partial charge in [-0.05, 0) is 6.42 Å². The molecule has 184 valence electrons. The molecule has 15 heteroatoms. The Kier molecular flexibility index (Phi) is 7.75. The Bertz CT molecular complexity index is 1200. The molecular formula is C19H21F3N6O4S2. The van der Waals surface area contributed by atoms with Crippen molar-refractivity contribution in [2.75, 3.05) is 42.9 Å². The first-order valence-corrected chi connectivity index (χ1v) is 12.7. The van der Waals surface area contributed by atoms with Crippen LogP contribution in [0.15, 0.2) is 29.1 Å². The molecule has 4 heterocycles. The maximum atomic E-state index is 13.9. The summed E-state index contributed by atoms with van der Waals surface area (Å²) in [6.45, 7) is 2.58. The second-order valence-electron chi connectivity index (χ2n) is 7.36. The van der Waals surface area contributed by atoms with Crippen molar-refractivity contribution in [2.45, 2.75) is 19.4 Å². The molecule has 0 radical (unpaired) electrons. The molecule has 10 nitrogen and oxygen atoms in total. The summed E-state index contributed by atoms with van der Waals surface area (Å²) in [5, 5.41) is 7.17. The third-order valence-corrected chi connectivity index (χ3v) is 7.65. The molecule has 0 amide bonds. The topological polar surface area (TPSA) is 115 Å². The van der Waals surface area contributed by atoms with E-state index in [-0.39, 0.29) is 30.4 Å². The smallest absolute Gasteiger partial charge is 0.314 e. The van der Waals surface area contributed by atoms with Gasteiger partial charge in [0.25, 0.3) is 11.8 Å². The lowest BCUT2D eigenvalue weighted by Gasteiger charge is -2.25. The Morgan fingerprint density at radius 2 is 2.03 bits per heavy atom. The van der Waals surface area contributed by atoms with Gasteiger partial charge in [0.1, 0.15) is 15.7 Å². The predicted molar refractivity (Wildman–Crippen MR) is 116 cm³/mol. The third-order valence-electron chi connectivity index (χ3n) is 4.97. The zero-order valence-corrected chi connectivity index (χ0v) is 19.4. The number of rotatable bonds is 9. The van der Waals surface area contributed by atoms with Gasteiger partial charge in [-0.3, -0.25) is 14.2 Å². The van der Waals surface area contributed by atoms with Gasteiger partial charge in [0, 0.05) is 32.3 Å². The quantitative estimate of drug-likeness (QED) is 0.422. The number of nitrogens with zero attached hydrogens (tertiary/aromatic N) is 6. The second kappa shape index (κ2) is 10.8. The summed E-state index contributed by atoms with van der Waals surface area (Å²) in [6, 6.07) is 1.08. The van der Waals surface area contributed by atoms with Gasteiger partial charge in [-0.25, -0.2) is 17.8 Å². The van der Waals surface area contributed by atoms with Crippen molar-refractivity contribution in [1.82, 2.24) is 25.1 Å². The van der Waals surface area contributed by atoms with E-state index < -0.39 is 28.2 Å². The normalized spacial score (nSPS) is 15.5. The van der Waals surface area contributed by atoms with Crippen LogP contribution in [0.1, 0.15) is 23.7 Å². The van der Waals surface area contributed by atoms with Crippen LogP contribution in [0.3, 0.4) is 0 Å². The predicted octanol–water partition coefficient (Wildman–Crippen LogP) is 2.72. The van der Waals surface area contributed by atoms with Crippen LogP contribution in [0.4, 0.5) is 18.9 Å². The van der Waals surface area contributed by atoms with E-state index in [2.05, 4.69) is 20.2 Å². The number of aromatic nitrogens is 4. The lowest BCUT2D eigenvalue weighted by atomic mass is 10.4. The van der Waals surface area contributed by atoms with Crippen LogP contribution >= 0.6 is 11.3 Å². The summed E-state index contributed by atoms with van der Waals surface area (Å²) >= 11 is 1.00. The first-order chi connectivity index (χ1) is 16.3. The molecule has 0 bridgehead atoms. The fourth-order valence-electron chi connectivity index (χ4n) is 3.29. The summed E-state index contributed by atoms with van der Waals surface area (Å²) in [4.78, 5) is 10.2. The van der Waals surface area contributed by atoms with E-state index in [0.29, 0.717) is 29.6 Å². The highest BCUT2D eigenvalue weighted by Crippen LogP contribution is 2.30. The Labute approximate surface area is 197 Å². The highest BCUT2D eigenvalue weighted by Gasteiger charge is 2.27. The molecule has 3 aromatic heterocycles. The van der Waals surface area contributed by atoms with Crippen molar-refractivity contribution in [2.24, 2.45) is 0 Å². The number of anilines is 1. The molecule has 4 rings (SSSR count). The van der Waals surface area contributed by atoms with Crippen LogP contribution in [0.25, 0.3) is 10.8 Å². The molecule has 0 N–H and O–H groups in total. The number of thiazole rings is 1. The molecule has 0 unspecified atom stereocenters. The number of ether oxygens (including phenoxy) is 1. The largest absolute Gasteiger partial charge is 0.414 e. The summed E-state index contributed by atoms with van der Waals surface area (Å²) in [7, 11) is -3.90. The van der Waals surface area contributed by atoms with Crippen molar-refractivity contribution < 1.29 is 30.7 Å². The minimum atomic E-state index is -3.90. The molecular weight excluding hydrogens is 497 g/mol. The first-order valence-electron chi connectivity index (χ1n) is 10.3. The summed E-state index contributed by atoms with van der Waals surface area (Å²) in [5.41, 5.74) is 0.0497. The zero-order valence-electron chi connectivity index (χ0n) is 17.8. The lowest BCUT2D eigenvalue weighted by molar-refractivity contribution is 0.116. The van der Waals surface area contributed by atoms with E-state index in [1.165, 1.54) is 12.4 Å². The summed E-state index contributed by atoms with van der Waals surface area (Å²) in [5.74, 6) is -1.86. The molecule has 1 aliphatic heterocycles. The second-order valence-corrected chi connectivity index (χ2v) is 10.5. The van der Waals surface area contributed by atoms with Crippen LogP contribution in [-0.4, -0.2) is 72.1 Å². The molecule has 0 aromatic carbocycles. The van der Waals surface area contributed by atoms with Crippen molar-refractivity contribution in [3.05, 3.63) is 41.4 Å². The number of hydrogen-bond acceptors (Lipinski definition) is 10. The number of alkyl halides is 2. The standard InChI is InChI=1S/C19H21F3N6O4S2/c20-13-8-14(10-23-9-13)28(34(29,30)7-4-27-2-1-5-31-6-3-27)12-16-24-11-15(33-16)18-25-26-19(32-18)17(21)22/h8-11,17H,1-7,12H2. The van der Waals surface area contributed by atoms with Gasteiger partial charge < -0.3 is 9.15 Å². The van der Waals surface area contributed by atoms with Crippen LogP contribution in [0, 0.1) is 5.82 Å². The number of pyridine rings is 1. The van der Waals surface area contributed by atoms with Gasteiger partial charge in [-0.2, -0.15) is 8.78 Å². The SMILES string of the molecule is O=S(=O)(CCN1CCCOCC1)N(Cc1ncc(-c2nnc(C(F)F)o2)s1)c1cncc(F)c1. The minimum Gasteiger partial charge on any atom is -0.414 e. The van der Waals surface area contributed by atoms with Crippen molar-refractivity contribution in [3.63, 3.8) is 0 Å². The van der Waals surface area contributed by atoms with Crippen molar-refractivity contribution in [3.8, 4) is 10.8 Å². The maximum Gasteiger partial charge on any atom is 0.314 e. The van der Waals surface area contributed by atoms with E-state index >= 15 is 0 Å². The maximum absolute atomic E-state index is 13.9. The molecule has 0 aliphatic carbocycles.